The minimum atomic E-state index is 0.183. The maximum Gasteiger partial charge on any atom is 0.113 e. The van der Waals surface area contributed by atoms with Gasteiger partial charge in [-0.25, -0.2) is 0 Å². The summed E-state index contributed by atoms with van der Waals surface area (Å²) >= 11 is 0. The van der Waals surface area contributed by atoms with Gasteiger partial charge >= 0.3 is 0 Å². The van der Waals surface area contributed by atoms with Gasteiger partial charge in [-0.15, -0.1) is 0 Å². The minimum absolute atomic E-state index is 0.183. The lowest BCUT2D eigenvalue weighted by Crippen LogP contribution is -1.77. The number of hydrogen-bond acceptors (Lipinski definition) is 3. The topological polar surface area (TPSA) is 61.8 Å². The van der Waals surface area contributed by atoms with Gasteiger partial charge in [0.25, 0.3) is 0 Å². The fraction of sp³-hybridized carbons (Fsp3) is 0.200. The Morgan fingerprint density at radius 2 is 2.14 bits per heavy atom. The molecule has 0 spiro atoms. The van der Waals surface area contributed by atoms with Gasteiger partial charge in [0.05, 0.1) is 0 Å². The van der Waals surface area contributed by atoms with Crippen LogP contribution in [-0.2, 0) is 0 Å². The van der Waals surface area contributed by atoms with Crippen molar-refractivity contribution in [2.45, 2.75) is 6.42 Å². The predicted octanol–water partition coefficient (Wildman–Crippen LogP) is 1.35. The number of nitrogens with zero attached hydrogens (tertiary/aromatic N) is 2. The fourth-order valence-corrected chi connectivity index (χ4v) is 1.25. The van der Waals surface area contributed by atoms with Crippen LogP contribution in [0.5, 0.6) is 0 Å². The lowest BCUT2D eigenvalue weighted by atomic mass is 10.2. The quantitative estimate of drug-likeness (QED) is 0.766. The van der Waals surface area contributed by atoms with Crippen LogP contribution < -0.4 is 0 Å². The molecule has 2 N–H and O–H groups in total. The molecule has 2 aromatic rings. The molecule has 0 aliphatic rings. The van der Waals surface area contributed by atoms with Crippen LogP contribution >= 0.6 is 0 Å². The van der Waals surface area contributed by atoms with E-state index >= 15 is 0 Å². The van der Waals surface area contributed by atoms with E-state index in [2.05, 4.69) is 15.4 Å². The average molecular weight is 189 g/mol. The summed E-state index contributed by atoms with van der Waals surface area (Å²) in [7, 11) is 0. The summed E-state index contributed by atoms with van der Waals surface area (Å²) < 4.78 is 0. The Kier molecular flexibility index (Phi) is 2.55. The highest BCUT2D eigenvalue weighted by Crippen LogP contribution is 2.11. The number of aliphatic hydroxyl groups is 1. The van der Waals surface area contributed by atoms with Crippen molar-refractivity contribution in [2.24, 2.45) is 0 Å². The summed E-state index contributed by atoms with van der Waals surface area (Å²) in [6, 6.07) is 5.84. The number of nitrogens with one attached hydrogen (secondary N) is 1. The highest BCUT2D eigenvalue weighted by atomic mass is 16.2. The Bertz CT molecular complexity index is 447. The molecule has 1 heterocycles. The summed E-state index contributed by atoms with van der Waals surface area (Å²) in [5.74, 6) is 0. The van der Waals surface area contributed by atoms with Gasteiger partial charge in [-0.2, -0.15) is 15.4 Å². The molecule has 0 bridgehead atoms. The maximum absolute atomic E-state index is 8.60. The van der Waals surface area contributed by atoms with Crippen LogP contribution in [0.4, 0.5) is 0 Å². The molecule has 4 nitrogen and oxygen atoms in total. The molecule has 0 aliphatic heterocycles. The zero-order valence-corrected chi connectivity index (χ0v) is 7.64. The third kappa shape index (κ3) is 1.80. The van der Waals surface area contributed by atoms with Gasteiger partial charge < -0.3 is 5.11 Å². The molecule has 0 radical (unpaired) electrons. The van der Waals surface area contributed by atoms with Crippen molar-refractivity contribution in [3.63, 3.8) is 0 Å². The second kappa shape index (κ2) is 4.02. The van der Waals surface area contributed by atoms with E-state index in [-0.39, 0.29) is 6.61 Å². The van der Waals surface area contributed by atoms with E-state index in [0.29, 0.717) is 6.42 Å². The first-order chi connectivity index (χ1) is 6.90. The Labute approximate surface area is 81.3 Å². The van der Waals surface area contributed by atoms with E-state index in [1.807, 2.05) is 30.4 Å². The number of rotatable bonds is 3. The van der Waals surface area contributed by atoms with Crippen molar-refractivity contribution in [1.29, 1.82) is 0 Å². The van der Waals surface area contributed by atoms with E-state index in [1.54, 1.807) is 0 Å². The molecule has 0 aliphatic carbocycles. The van der Waals surface area contributed by atoms with Crippen molar-refractivity contribution >= 4 is 17.1 Å². The van der Waals surface area contributed by atoms with Gasteiger partial charge in [0, 0.05) is 6.61 Å². The molecule has 0 fully saturated rings. The number of H-pyrrole nitrogens is 1. The molecular formula is C10H11N3O. The van der Waals surface area contributed by atoms with Crippen LogP contribution in [0.2, 0.25) is 0 Å². The first-order valence-electron chi connectivity index (χ1n) is 4.48. The van der Waals surface area contributed by atoms with Gasteiger partial charge in [-0.05, 0) is 24.1 Å². The van der Waals surface area contributed by atoms with Crippen LogP contribution in [0.15, 0.2) is 24.3 Å². The minimum Gasteiger partial charge on any atom is -0.396 e. The standard InChI is InChI=1S/C10H11N3O/c14-6-2-1-3-8-4-5-9-10(7-8)12-13-11-9/h1,3-5,7,14H,2,6H2,(H,11,12,13). The molecule has 4 heteroatoms. The lowest BCUT2D eigenvalue weighted by Gasteiger charge is -1.91. The van der Waals surface area contributed by atoms with Gasteiger partial charge in [-0.1, -0.05) is 18.2 Å². The summed E-state index contributed by atoms with van der Waals surface area (Å²) in [4.78, 5) is 0. The first kappa shape index (κ1) is 8.90. The lowest BCUT2D eigenvalue weighted by molar-refractivity contribution is 0.303. The normalized spacial score (nSPS) is 11.5. The molecule has 0 saturated heterocycles. The monoisotopic (exact) mass is 189 g/mol. The summed E-state index contributed by atoms with van der Waals surface area (Å²) in [5.41, 5.74) is 2.79. The van der Waals surface area contributed by atoms with E-state index in [9.17, 15) is 0 Å². The molecule has 0 amide bonds. The zero-order valence-electron chi connectivity index (χ0n) is 7.64. The van der Waals surface area contributed by atoms with Gasteiger partial charge in [-0.3, -0.25) is 0 Å². The van der Waals surface area contributed by atoms with Gasteiger partial charge in [0.15, 0.2) is 0 Å². The smallest absolute Gasteiger partial charge is 0.113 e. The number of fused-ring (bicyclic) bond motifs is 1. The molecule has 0 unspecified atom stereocenters. The van der Waals surface area contributed by atoms with Crippen LogP contribution in [0.3, 0.4) is 0 Å². The van der Waals surface area contributed by atoms with Gasteiger partial charge in [0.1, 0.15) is 11.0 Å². The maximum atomic E-state index is 8.60. The molecule has 72 valence electrons. The summed E-state index contributed by atoms with van der Waals surface area (Å²) in [6.07, 6.45) is 4.57. The first-order valence-corrected chi connectivity index (χ1v) is 4.48. The number of aromatic nitrogens is 3. The number of hydrogen-bond donors (Lipinski definition) is 2. The van der Waals surface area contributed by atoms with Crippen molar-refractivity contribution in [1.82, 2.24) is 15.4 Å². The second-order valence-electron chi connectivity index (χ2n) is 2.99. The Morgan fingerprint density at radius 3 is 3.00 bits per heavy atom. The molecular weight excluding hydrogens is 178 g/mol. The van der Waals surface area contributed by atoms with Crippen LogP contribution in [0, 0.1) is 0 Å². The van der Waals surface area contributed by atoms with E-state index in [4.69, 9.17) is 5.11 Å². The Hall–Kier alpha value is -1.68. The Balaban J connectivity index is 2.25. The molecule has 1 aromatic carbocycles. The molecule has 0 atom stereocenters. The number of benzene rings is 1. The molecule has 1 aromatic heterocycles. The zero-order chi connectivity index (χ0) is 9.80. The molecule has 14 heavy (non-hydrogen) atoms. The van der Waals surface area contributed by atoms with Crippen molar-refractivity contribution in [2.75, 3.05) is 6.61 Å². The predicted molar refractivity (Wildman–Crippen MR) is 54.6 cm³/mol. The van der Waals surface area contributed by atoms with E-state index in [0.717, 1.165) is 16.6 Å². The second-order valence-corrected chi connectivity index (χ2v) is 2.99. The van der Waals surface area contributed by atoms with E-state index in [1.165, 1.54) is 0 Å². The number of aromatic amines is 1. The van der Waals surface area contributed by atoms with E-state index < -0.39 is 0 Å². The number of aliphatic hydroxyl groups excluding tert-OH is 1. The SMILES string of the molecule is OCCC=Cc1ccc2n[nH]nc2c1. The highest BCUT2D eigenvalue weighted by molar-refractivity contribution is 5.76. The van der Waals surface area contributed by atoms with Gasteiger partial charge in [0.2, 0.25) is 0 Å². The van der Waals surface area contributed by atoms with Crippen LogP contribution in [0.1, 0.15) is 12.0 Å². The third-order valence-corrected chi connectivity index (χ3v) is 1.95. The van der Waals surface area contributed by atoms with Crippen LogP contribution in [-0.4, -0.2) is 27.1 Å². The van der Waals surface area contributed by atoms with Crippen LogP contribution in [0.25, 0.3) is 17.1 Å². The third-order valence-electron chi connectivity index (χ3n) is 1.95. The molecule has 0 saturated carbocycles. The molecule has 2 rings (SSSR count). The Morgan fingerprint density at radius 1 is 1.29 bits per heavy atom. The van der Waals surface area contributed by atoms with Crippen molar-refractivity contribution < 1.29 is 5.11 Å². The average Bonchev–Trinajstić information content (AvgIpc) is 2.65. The van der Waals surface area contributed by atoms with Crippen molar-refractivity contribution in [3.8, 4) is 0 Å². The summed E-state index contributed by atoms with van der Waals surface area (Å²) in [5, 5.41) is 19.1. The largest absolute Gasteiger partial charge is 0.396 e. The fourth-order valence-electron chi connectivity index (χ4n) is 1.25. The highest BCUT2D eigenvalue weighted by Gasteiger charge is 1.96. The summed E-state index contributed by atoms with van der Waals surface area (Å²) in [6.45, 7) is 0.183. The van der Waals surface area contributed by atoms with Crippen molar-refractivity contribution in [3.05, 3.63) is 29.8 Å².